The highest BCUT2D eigenvalue weighted by Crippen LogP contribution is 2.31. The summed E-state index contributed by atoms with van der Waals surface area (Å²) < 4.78 is 5.65. The summed E-state index contributed by atoms with van der Waals surface area (Å²) in [4.78, 5) is 11.1. The second kappa shape index (κ2) is 9.69. The number of carboxylic acid groups (broad SMARTS) is 1. The zero-order valence-electron chi connectivity index (χ0n) is 18.5. The van der Waals surface area contributed by atoms with E-state index in [1.807, 2.05) is 24.3 Å². The number of rotatable bonds is 8. The second-order valence-corrected chi connectivity index (χ2v) is 8.62. The first-order valence-corrected chi connectivity index (χ1v) is 11.0. The highest BCUT2D eigenvalue weighted by Gasteiger charge is 2.12. The number of fused-ring (bicyclic) bond motifs is 1. The lowest BCUT2D eigenvalue weighted by Crippen LogP contribution is -2.10. The maximum absolute atomic E-state index is 11.1. The van der Waals surface area contributed by atoms with Crippen molar-refractivity contribution in [1.82, 2.24) is 0 Å². The fourth-order valence-corrected chi connectivity index (χ4v) is 4.18. The monoisotopic (exact) mass is 424 g/mol. The smallest absolute Gasteiger partial charge is 0.341 e. The first-order chi connectivity index (χ1) is 15.5. The molecule has 3 heteroatoms. The van der Waals surface area contributed by atoms with Crippen molar-refractivity contribution >= 4 is 16.7 Å². The molecular formula is C29H28O3. The van der Waals surface area contributed by atoms with E-state index in [0.717, 1.165) is 23.1 Å². The number of carbonyl (C=O) groups is 1. The highest BCUT2D eigenvalue weighted by molar-refractivity contribution is 5.86. The third-order valence-corrected chi connectivity index (χ3v) is 5.58. The van der Waals surface area contributed by atoms with Crippen molar-refractivity contribution in [2.45, 2.75) is 26.7 Å². The van der Waals surface area contributed by atoms with Gasteiger partial charge in [-0.1, -0.05) is 86.6 Å². The minimum absolute atomic E-state index is 0.355. The van der Waals surface area contributed by atoms with Gasteiger partial charge in [-0.15, -0.1) is 0 Å². The van der Waals surface area contributed by atoms with E-state index in [2.05, 4.69) is 74.5 Å². The van der Waals surface area contributed by atoms with E-state index in [-0.39, 0.29) is 6.61 Å². The predicted molar refractivity (Wildman–Crippen MR) is 130 cm³/mol. The molecule has 0 aliphatic heterocycles. The summed E-state index contributed by atoms with van der Waals surface area (Å²) in [7, 11) is 0. The first kappa shape index (κ1) is 21.6. The van der Waals surface area contributed by atoms with Crippen molar-refractivity contribution in [1.29, 1.82) is 0 Å². The summed E-state index contributed by atoms with van der Waals surface area (Å²) in [6.45, 7) is 4.10. The third-order valence-electron chi connectivity index (χ3n) is 5.58. The van der Waals surface area contributed by atoms with Crippen LogP contribution in [0, 0.1) is 5.92 Å². The van der Waals surface area contributed by atoms with Crippen molar-refractivity contribution in [3.8, 4) is 16.9 Å². The summed E-state index contributed by atoms with van der Waals surface area (Å²) in [6.07, 6.45) is 1.70. The van der Waals surface area contributed by atoms with Crippen molar-refractivity contribution < 1.29 is 14.6 Å². The van der Waals surface area contributed by atoms with E-state index in [1.165, 1.54) is 21.9 Å². The molecule has 0 fully saturated rings. The van der Waals surface area contributed by atoms with E-state index in [9.17, 15) is 4.79 Å². The van der Waals surface area contributed by atoms with Gasteiger partial charge in [-0.25, -0.2) is 4.79 Å². The van der Waals surface area contributed by atoms with Gasteiger partial charge < -0.3 is 9.84 Å². The van der Waals surface area contributed by atoms with Crippen LogP contribution in [0.2, 0.25) is 0 Å². The molecule has 0 saturated heterocycles. The Kier molecular flexibility index (Phi) is 6.55. The van der Waals surface area contributed by atoms with Crippen LogP contribution in [0.3, 0.4) is 0 Å². The van der Waals surface area contributed by atoms with Crippen molar-refractivity contribution in [2.24, 2.45) is 5.92 Å². The van der Waals surface area contributed by atoms with Crippen LogP contribution >= 0.6 is 0 Å². The number of ether oxygens (including phenoxy) is 1. The average molecular weight is 425 g/mol. The minimum Gasteiger partial charge on any atom is -0.482 e. The van der Waals surface area contributed by atoms with Crippen LogP contribution in [0.25, 0.3) is 21.9 Å². The molecule has 0 spiro atoms. The van der Waals surface area contributed by atoms with Crippen LogP contribution in [-0.4, -0.2) is 17.7 Å². The fourth-order valence-electron chi connectivity index (χ4n) is 4.18. The van der Waals surface area contributed by atoms with Crippen LogP contribution in [0.5, 0.6) is 5.75 Å². The lowest BCUT2D eigenvalue weighted by molar-refractivity contribution is -0.139. The largest absolute Gasteiger partial charge is 0.482 e. The topological polar surface area (TPSA) is 46.5 Å². The van der Waals surface area contributed by atoms with Gasteiger partial charge in [0.1, 0.15) is 5.75 Å². The SMILES string of the molecule is CC(C)Cc1cccc(-c2ccc(OCC(=O)O)c(Cc3cccc4ccccc34)c2)c1. The molecule has 3 nitrogen and oxygen atoms in total. The van der Waals surface area contributed by atoms with Crippen LogP contribution < -0.4 is 4.74 Å². The van der Waals surface area contributed by atoms with E-state index in [0.29, 0.717) is 18.1 Å². The Morgan fingerprint density at radius 1 is 0.844 bits per heavy atom. The third kappa shape index (κ3) is 5.17. The summed E-state index contributed by atoms with van der Waals surface area (Å²) in [5, 5.41) is 11.5. The predicted octanol–water partition coefficient (Wildman–Crippen LogP) is 6.76. The Bertz CT molecular complexity index is 1230. The molecule has 0 atom stereocenters. The van der Waals surface area contributed by atoms with Gasteiger partial charge in [0.15, 0.2) is 6.61 Å². The van der Waals surface area contributed by atoms with E-state index >= 15 is 0 Å². The Morgan fingerprint density at radius 2 is 1.59 bits per heavy atom. The maximum Gasteiger partial charge on any atom is 0.341 e. The van der Waals surface area contributed by atoms with Crippen LogP contribution in [-0.2, 0) is 17.6 Å². The van der Waals surface area contributed by atoms with Gasteiger partial charge in [0.25, 0.3) is 0 Å². The Labute approximate surface area is 189 Å². The second-order valence-electron chi connectivity index (χ2n) is 8.62. The molecule has 0 radical (unpaired) electrons. The molecule has 162 valence electrons. The molecule has 0 aliphatic carbocycles. The molecule has 4 rings (SSSR count). The van der Waals surface area contributed by atoms with E-state index in [1.54, 1.807) is 0 Å². The zero-order valence-corrected chi connectivity index (χ0v) is 18.5. The number of benzene rings is 4. The lowest BCUT2D eigenvalue weighted by Gasteiger charge is -2.15. The molecule has 0 unspecified atom stereocenters. The number of carboxylic acids is 1. The molecular weight excluding hydrogens is 396 g/mol. The van der Waals surface area contributed by atoms with Crippen LogP contribution in [0.4, 0.5) is 0 Å². The van der Waals surface area contributed by atoms with Crippen molar-refractivity contribution in [2.75, 3.05) is 6.61 Å². The molecule has 0 amide bonds. The highest BCUT2D eigenvalue weighted by atomic mass is 16.5. The average Bonchev–Trinajstić information content (AvgIpc) is 2.78. The molecule has 4 aromatic carbocycles. The molecule has 4 aromatic rings. The van der Waals surface area contributed by atoms with Crippen LogP contribution in [0.15, 0.2) is 84.9 Å². The summed E-state index contributed by atoms with van der Waals surface area (Å²) in [6, 6.07) is 29.3. The molecule has 0 aliphatic rings. The first-order valence-electron chi connectivity index (χ1n) is 11.0. The van der Waals surface area contributed by atoms with Gasteiger partial charge in [-0.05, 0) is 63.1 Å². The molecule has 1 N–H and O–H groups in total. The molecule has 0 saturated carbocycles. The van der Waals surface area contributed by atoms with Gasteiger partial charge >= 0.3 is 5.97 Å². The van der Waals surface area contributed by atoms with E-state index in [4.69, 9.17) is 9.84 Å². The van der Waals surface area contributed by atoms with Gasteiger partial charge in [0.05, 0.1) is 0 Å². The Balaban J connectivity index is 1.74. The number of hydrogen-bond acceptors (Lipinski definition) is 2. The quantitative estimate of drug-likeness (QED) is 0.340. The van der Waals surface area contributed by atoms with Gasteiger partial charge in [0.2, 0.25) is 0 Å². The van der Waals surface area contributed by atoms with E-state index < -0.39 is 5.97 Å². The molecule has 0 heterocycles. The van der Waals surface area contributed by atoms with Crippen molar-refractivity contribution in [3.05, 3.63) is 102 Å². The molecule has 0 bridgehead atoms. The zero-order chi connectivity index (χ0) is 22.5. The molecule has 0 aromatic heterocycles. The Hall–Kier alpha value is -3.59. The summed E-state index contributed by atoms with van der Waals surface area (Å²) >= 11 is 0. The summed E-state index contributed by atoms with van der Waals surface area (Å²) in [5.41, 5.74) is 5.75. The van der Waals surface area contributed by atoms with Gasteiger partial charge in [0, 0.05) is 6.42 Å². The summed E-state index contributed by atoms with van der Waals surface area (Å²) in [5.74, 6) is 0.230. The lowest BCUT2D eigenvalue weighted by atomic mass is 9.94. The Morgan fingerprint density at radius 3 is 2.41 bits per heavy atom. The standard InChI is InChI=1S/C29H28O3/c1-20(2)15-21-7-5-10-23(16-21)24-13-14-28(32-19-29(30)31)26(17-24)18-25-11-6-9-22-8-3-4-12-27(22)25/h3-14,16-17,20H,15,18-19H2,1-2H3,(H,30,31). The van der Waals surface area contributed by atoms with Gasteiger partial charge in [-0.2, -0.15) is 0 Å². The fraction of sp³-hybridized carbons (Fsp3) is 0.207. The molecule has 32 heavy (non-hydrogen) atoms. The minimum atomic E-state index is -0.980. The van der Waals surface area contributed by atoms with Gasteiger partial charge in [-0.3, -0.25) is 0 Å². The normalized spacial score (nSPS) is 11.1. The number of aliphatic carboxylic acids is 1. The van der Waals surface area contributed by atoms with Crippen LogP contribution in [0.1, 0.15) is 30.5 Å². The number of hydrogen-bond donors (Lipinski definition) is 1. The maximum atomic E-state index is 11.1. The van der Waals surface area contributed by atoms with Crippen molar-refractivity contribution in [3.63, 3.8) is 0 Å².